The van der Waals surface area contributed by atoms with Crippen LogP contribution in [-0.2, 0) is 20.5 Å². The molecule has 1 aromatic carbocycles. The number of piperazine rings is 1. The molecular formula is C24H29N5O5S. The summed E-state index contributed by atoms with van der Waals surface area (Å²) in [6.07, 6.45) is 3.16. The number of ether oxygens (including phenoxy) is 2. The maximum Gasteiger partial charge on any atom is 0.317 e. The molecule has 4 rings (SSSR count). The number of anilines is 1. The zero-order chi connectivity index (χ0) is 24.7. The summed E-state index contributed by atoms with van der Waals surface area (Å²) >= 11 is 0. The van der Waals surface area contributed by atoms with Gasteiger partial charge in [-0.25, -0.2) is 13.4 Å². The fourth-order valence-corrected chi connectivity index (χ4v) is 5.38. The third-order valence-corrected chi connectivity index (χ3v) is 7.47. The molecule has 0 radical (unpaired) electrons. The zero-order valence-corrected chi connectivity index (χ0v) is 20.4. The van der Waals surface area contributed by atoms with E-state index < -0.39 is 15.6 Å². The van der Waals surface area contributed by atoms with E-state index in [0.717, 1.165) is 5.56 Å². The van der Waals surface area contributed by atoms with Crippen molar-refractivity contribution in [2.24, 2.45) is 0 Å². The minimum absolute atomic E-state index is 0.0404. The van der Waals surface area contributed by atoms with Crippen LogP contribution in [-0.4, -0.2) is 73.5 Å². The van der Waals surface area contributed by atoms with Crippen molar-refractivity contribution in [2.45, 2.75) is 12.7 Å². The van der Waals surface area contributed by atoms with Crippen LogP contribution in [0, 0.1) is 0 Å². The van der Waals surface area contributed by atoms with Crippen molar-refractivity contribution in [3.8, 4) is 11.6 Å². The minimum atomic E-state index is -3.45. The highest BCUT2D eigenvalue weighted by Crippen LogP contribution is 2.26. The molecule has 1 fully saturated rings. The van der Waals surface area contributed by atoms with Gasteiger partial charge < -0.3 is 14.4 Å². The van der Waals surface area contributed by atoms with Crippen LogP contribution in [0.1, 0.15) is 12.5 Å². The van der Waals surface area contributed by atoms with Gasteiger partial charge in [-0.1, -0.05) is 36.4 Å². The van der Waals surface area contributed by atoms with Crippen LogP contribution < -0.4 is 15.2 Å². The predicted octanol–water partition coefficient (Wildman–Crippen LogP) is 1.69. The highest BCUT2D eigenvalue weighted by Gasteiger charge is 2.29. The number of benzene rings is 1. The summed E-state index contributed by atoms with van der Waals surface area (Å²) in [7, 11) is -3.45. The van der Waals surface area contributed by atoms with Gasteiger partial charge in [0.2, 0.25) is 15.8 Å². The molecule has 0 unspecified atom stereocenters. The second-order valence-electron chi connectivity index (χ2n) is 7.94. The third kappa shape index (κ3) is 6.05. The van der Waals surface area contributed by atoms with Gasteiger partial charge in [-0.05, 0) is 24.6 Å². The van der Waals surface area contributed by atoms with Gasteiger partial charge in [0.1, 0.15) is 12.3 Å². The second kappa shape index (κ2) is 11.4. The maximum absolute atomic E-state index is 13.3. The molecule has 0 saturated carbocycles. The Morgan fingerprint density at radius 3 is 2.40 bits per heavy atom. The molecular weight excluding hydrogens is 470 g/mol. The molecule has 0 amide bonds. The maximum atomic E-state index is 13.3. The number of hydrogen-bond acceptors (Lipinski definition) is 8. The number of aromatic nitrogens is 3. The van der Waals surface area contributed by atoms with Crippen molar-refractivity contribution < 1.29 is 17.9 Å². The molecule has 0 spiro atoms. The first-order valence-electron chi connectivity index (χ1n) is 11.5. The smallest absolute Gasteiger partial charge is 0.317 e. The first-order valence-corrected chi connectivity index (χ1v) is 13.1. The summed E-state index contributed by atoms with van der Waals surface area (Å²) in [5, 5.41) is 4.31. The standard InChI is InChI=1S/C24H29N5O5S/c1-2-33-16-17-34-23-21(18-26-29(24(23)30)22-10-6-7-11-25-22)27-12-14-28(15-13-27)35(31,32)19-20-8-4-3-5-9-20/h3-11,18H,2,12-17,19H2,1H3. The lowest BCUT2D eigenvalue weighted by Crippen LogP contribution is -2.49. The van der Waals surface area contributed by atoms with Crippen molar-refractivity contribution in [1.29, 1.82) is 0 Å². The van der Waals surface area contributed by atoms with Crippen LogP contribution in [0.5, 0.6) is 5.75 Å². The molecule has 3 aromatic rings. The Bertz CT molecular complexity index is 1260. The Kier molecular flexibility index (Phi) is 8.11. The van der Waals surface area contributed by atoms with Gasteiger partial charge in [0.05, 0.1) is 18.6 Å². The summed E-state index contributed by atoms with van der Waals surface area (Å²) in [6, 6.07) is 14.4. The van der Waals surface area contributed by atoms with E-state index in [1.54, 1.807) is 30.6 Å². The van der Waals surface area contributed by atoms with Crippen LogP contribution in [0.2, 0.25) is 0 Å². The molecule has 0 bridgehead atoms. The molecule has 10 nitrogen and oxygen atoms in total. The first-order chi connectivity index (χ1) is 17.0. The van der Waals surface area contributed by atoms with E-state index in [-0.39, 0.29) is 18.1 Å². The molecule has 1 aliphatic heterocycles. The van der Waals surface area contributed by atoms with Gasteiger partial charge in [0.25, 0.3) is 0 Å². The summed E-state index contributed by atoms with van der Waals surface area (Å²) < 4.78 is 39.7. The van der Waals surface area contributed by atoms with Crippen LogP contribution in [0.3, 0.4) is 0 Å². The van der Waals surface area contributed by atoms with Crippen molar-refractivity contribution in [3.63, 3.8) is 0 Å². The lowest BCUT2D eigenvalue weighted by atomic mass is 10.2. The lowest BCUT2D eigenvalue weighted by Gasteiger charge is -2.35. The quantitative estimate of drug-likeness (QED) is 0.388. The first kappa shape index (κ1) is 24.8. The predicted molar refractivity (Wildman–Crippen MR) is 132 cm³/mol. The Morgan fingerprint density at radius 1 is 0.971 bits per heavy atom. The molecule has 0 aliphatic carbocycles. The van der Waals surface area contributed by atoms with Crippen molar-refractivity contribution in [2.75, 3.05) is 50.9 Å². The van der Waals surface area contributed by atoms with E-state index in [2.05, 4.69) is 10.1 Å². The summed E-state index contributed by atoms with van der Waals surface area (Å²) in [5.74, 6) is 0.489. The number of nitrogens with zero attached hydrogens (tertiary/aromatic N) is 5. The minimum Gasteiger partial charge on any atom is -0.484 e. The van der Waals surface area contributed by atoms with E-state index in [0.29, 0.717) is 50.9 Å². The van der Waals surface area contributed by atoms with E-state index in [4.69, 9.17) is 9.47 Å². The Hall–Kier alpha value is -3.28. The van der Waals surface area contributed by atoms with Crippen molar-refractivity contribution >= 4 is 15.7 Å². The highest BCUT2D eigenvalue weighted by molar-refractivity contribution is 7.88. The largest absolute Gasteiger partial charge is 0.484 e. The second-order valence-corrected chi connectivity index (χ2v) is 9.91. The molecule has 3 heterocycles. The zero-order valence-electron chi connectivity index (χ0n) is 19.6. The summed E-state index contributed by atoms with van der Waals surface area (Å²) in [4.78, 5) is 19.4. The van der Waals surface area contributed by atoms with Crippen LogP contribution in [0.4, 0.5) is 5.69 Å². The Morgan fingerprint density at radius 2 is 1.71 bits per heavy atom. The molecule has 1 aliphatic rings. The third-order valence-electron chi connectivity index (χ3n) is 5.62. The van der Waals surface area contributed by atoms with Crippen LogP contribution >= 0.6 is 0 Å². The van der Waals surface area contributed by atoms with E-state index in [1.807, 2.05) is 42.2 Å². The van der Waals surface area contributed by atoms with Gasteiger partial charge in [-0.3, -0.25) is 4.79 Å². The van der Waals surface area contributed by atoms with Crippen LogP contribution in [0.15, 0.2) is 65.7 Å². The van der Waals surface area contributed by atoms with Crippen molar-refractivity contribution in [1.82, 2.24) is 19.1 Å². The summed E-state index contributed by atoms with van der Waals surface area (Å²) in [5.41, 5.74) is 0.845. The van der Waals surface area contributed by atoms with E-state index >= 15 is 0 Å². The van der Waals surface area contributed by atoms with Gasteiger partial charge in [-0.15, -0.1) is 0 Å². The van der Waals surface area contributed by atoms with E-state index in [9.17, 15) is 13.2 Å². The number of hydrogen-bond donors (Lipinski definition) is 0. The lowest BCUT2D eigenvalue weighted by molar-refractivity contribution is 0.109. The molecule has 1 saturated heterocycles. The Balaban J connectivity index is 1.53. The van der Waals surface area contributed by atoms with E-state index in [1.165, 1.54) is 8.99 Å². The normalized spacial score (nSPS) is 14.7. The fraction of sp³-hybridized carbons (Fsp3) is 0.375. The number of rotatable bonds is 10. The van der Waals surface area contributed by atoms with Gasteiger partial charge in [0, 0.05) is 39.0 Å². The Labute approximate surface area is 204 Å². The highest BCUT2D eigenvalue weighted by atomic mass is 32.2. The van der Waals surface area contributed by atoms with Crippen molar-refractivity contribution in [3.05, 3.63) is 76.8 Å². The fourth-order valence-electron chi connectivity index (χ4n) is 3.86. The average Bonchev–Trinajstić information content (AvgIpc) is 2.88. The van der Waals surface area contributed by atoms with Gasteiger partial charge >= 0.3 is 5.56 Å². The monoisotopic (exact) mass is 499 g/mol. The van der Waals surface area contributed by atoms with Gasteiger partial charge in [0.15, 0.2) is 5.82 Å². The SMILES string of the molecule is CCOCCOc1c(N2CCN(S(=O)(=O)Cc3ccccc3)CC2)cnn(-c2ccccn2)c1=O. The average molecular weight is 500 g/mol. The molecule has 186 valence electrons. The molecule has 11 heteroatoms. The topological polar surface area (TPSA) is 107 Å². The molecule has 0 atom stereocenters. The van der Waals surface area contributed by atoms with Gasteiger partial charge in [-0.2, -0.15) is 14.1 Å². The molecule has 0 N–H and O–H groups in total. The molecule has 2 aromatic heterocycles. The number of sulfonamides is 1. The summed E-state index contributed by atoms with van der Waals surface area (Å²) in [6.45, 7) is 4.39. The molecule has 35 heavy (non-hydrogen) atoms. The number of pyridine rings is 1. The van der Waals surface area contributed by atoms with Crippen LogP contribution in [0.25, 0.3) is 5.82 Å².